The van der Waals surface area contributed by atoms with Crippen molar-refractivity contribution in [1.29, 1.82) is 0 Å². The largest absolute Gasteiger partial charge is 0.393 e. The Labute approximate surface area is 120 Å². The average Bonchev–Trinajstić information content (AvgIpc) is 2.85. The summed E-state index contributed by atoms with van der Waals surface area (Å²) in [6.07, 6.45) is 0.151. The molecule has 1 aromatic heterocycles. The highest BCUT2D eigenvalue weighted by Gasteiger charge is 2.36. The number of hydrogen-bond donors (Lipinski definition) is 1. The van der Waals surface area contributed by atoms with Gasteiger partial charge in [-0.3, -0.25) is 0 Å². The van der Waals surface area contributed by atoms with E-state index >= 15 is 0 Å². The van der Waals surface area contributed by atoms with Crippen LogP contribution in [0.3, 0.4) is 0 Å². The van der Waals surface area contributed by atoms with E-state index < -0.39 is 16.1 Å². The summed E-state index contributed by atoms with van der Waals surface area (Å²) in [5.41, 5.74) is 0. The molecule has 0 radical (unpaired) electrons. The zero-order chi connectivity index (χ0) is 13.5. The van der Waals surface area contributed by atoms with E-state index in [-0.39, 0.29) is 15.1 Å². The van der Waals surface area contributed by atoms with E-state index in [1.807, 2.05) is 0 Å². The third-order valence-electron chi connectivity index (χ3n) is 3.11. The van der Waals surface area contributed by atoms with Gasteiger partial charge >= 0.3 is 0 Å². The maximum atomic E-state index is 12.3. The van der Waals surface area contributed by atoms with Gasteiger partial charge in [0.05, 0.1) is 10.4 Å². The topological polar surface area (TPSA) is 57.6 Å². The van der Waals surface area contributed by atoms with Gasteiger partial charge in [-0.25, -0.2) is 8.42 Å². The Balaban J connectivity index is 2.26. The van der Waals surface area contributed by atoms with E-state index in [9.17, 15) is 13.5 Å². The van der Waals surface area contributed by atoms with E-state index in [1.54, 1.807) is 6.92 Å². The molecule has 0 amide bonds. The number of aliphatic hydroxyl groups excluding tert-OH is 1. The second-order valence-corrected chi connectivity index (χ2v) is 8.53. The quantitative estimate of drug-likeness (QED) is 0.926. The first kappa shape index (κ1) is 14.6. The lowest BCUT2D eigenvalue weighted by atomic mass is 10.0. The number of aliphatic hydroxyl groups is 1. The van der Waals surface area contributed by atoms with E-state index in [0.29, 0.717) is 23.8 Å². The minimum atomic E-state index is -3.60. The molecule has 0 aromatic carbocycles. The summed E-state index contributed by atoms with van der Waals surface area (Å²) in [5.74, 6) is -0.0207. The number of sulfonamides is 1. The van der Waals surface area contributed by atoms with Crippen molar-refractivity contribution in [2.24, 2.45) is 5.92 Å². The van der Waals surface area contributed by atoms with Gasteiger partial charge in [0, 0.05) is 13.1 Å². The number of nitrogens with zero attached hydrogens (tertiary/aromatic N) is 1. The monoisotopic (exact) mass is 329 g/mol. The zero-order valence-electron chi connectivity index (χ0n) is 9.64. The molecule has 0 aliphatic carbocycles. The van der Waals surface area contributed by atoms with Gasteiger partial charge in [0.1, 0.15) is 9.23 Å². The van der Waals surface area contributed by atoms with Gasteiger partial charge in [-0.1, -0.05) is 23.2 Å². The fourth-order valence-corrected chi connectivity index (χ4v) is 5.63. The van der Waals surface area contributed by atoms with E-state index in [4.69, 9.17) is 23.2 Å². The molecule has 1 N–H and O–H groups in total. The van der Waals surface area contributed by atoms with Crippen molar-refractivity contribution in [3.8, 4) is 0 Å². The smallest absolute Gasteiger partial charge is 0.245 e. The van der Waals surface area contributed by atoms with Crippen molar-refractivity contribution in [1.82, 2.24) is 4.31 Å². The van der Waals surface area contributed by atoms with Crippen LogP contribution in [0.1, 0.15) is 13.3 Å². The third-order valence-corrected chi connectivity index (χ3v) is 6.73. The average molecular weight is 330 g/mol. The summed E-state index contributed by atoms with van der Waals surface area (Å²) >= 11 is 12.7. The molecule has 4 nitrogen and oxygen atoms in total. The van der Waals surface area contributed by atoms with Crippen LogP contribution in [0.15, 0.2) is 11.0 Å². The molecular weight excluding hydrogens is 317 g/mol. The van der Waals surface area contributed by atoms with Gasteiger partial charge < -0.3 is 5.11 Å². The molecule has 2 unspecified atom stereocenters. The van der Waals surface area contributed by atoms with Gasteiger partial charge in [-0.05, 0) is 25.3 Å². The van der Waals surface area contributed by atoms with Crippen molar-refractivity contribution in [3.05, 3.63) is 14.7 Å². The lowest BCUT2D eigenvalue weighted by molar-refractivity contribution is 0.133. The molecule has 18 heavy (non-hydrogen) atoms. The second-order valence-electron chi connectivity index (χ2n) is 4.34. The summed E-state index contributed by atoms with van der Waals surface area (Å²) in [4.78, 5) is 0.0606. The normalized spacial score (nSPS) is 23.4. The third kappa shape index (κ3) is 2.69. The number of hydrogen-bond acceptors (Lipinski definition) is 4. The van der Waals surface area contributed by atoms with Gasteiger partial charge in [-0.15, -0.1) is 11.3 Å². The highest BCUT2D eigenvalue weighted by Crippen LogP contribution is 2.37. The lowest BCUT2D eigenvalue weighted by Gasteiger charge is -2.17. The van der Waals surface area contributed by atoms with Crippen molar-refractivity contribution in [3.63, 3.8) is 0 Å². The van der Waals surface area contributed by atoms with Crippen molar-refractivity contribution < 1.29 is 13.5 Å². The van der Waals surface area contributed by atoms with Crippen LogP contribution in [0, 0.1) is 5.92 Å². The second kappa shape index (κ2) is 5.26. The summed E-state index contributed by atoms with van der Waals surface area (Å²) in [7, 11) is -3.60. The van der Waals surface area contributed by atoms with Gasteiger partial charge in [0.25, 0.3) is 0 Å². The van der Waals surface area contributed by atoms with Crippen LogP contribution in [0.4, 0.5) is 0 Å². The number of rotatable bonds is 3. The van der Waals surface area contributed by atoms with Crippen LogP contribution < -0.4 is 0 Å². The standard InChI is InChI=1S/C10H13Cl2NO3S2/c1-6(14)7-2-3-13(5-7)18(15,16)8-4-9(11)17-10(8)12/h4,6-7,14H,2-3,5H2,1H3. The van der Waals surface area contributed by atoms with Crippen LogP contribution in [-0.4, -0.2) is 37.0 Å². The van der Waals surface area contributed by atoms with Crippen LogP contribution in [0.2, 0.25) is 8.67 Å². The SMILES string of the molecule is CC(O)C1CCN(S(=O)(=O)c2cc(Cl)sc2Cl)C1. The van der Waals surface area contributed by atoms with Crippen LogP contribution in [-0.2, 0) is 10.0 Å². The molecule has 2 heterocycles. The van der Waals surface area contributed by atoms with Crippen molar-refractivity contribution >= 4 is 44.6 Å². The van der Waals surface area contributed by atoms with E-state index in [0.717, 1.165) is 11.3 Å². The van der Waals surface area contributed by atoms with Crippen molar-refractivity contribution in [2.75, 3.05) is 13.1 Å². The molecule has 0 spiro atoms. The lowest BCUT2D eigenvalue weighted by Crippen LogP contribution is -2.30. The summed E-state index contributed by atoms with van der Waals surface area (Å²) in [5, 5.41) is 9.50. The fourth-order valence-electron chi connectivity index (χ4n) is 2.01. The Kier molecular flexibility index (Phi) is 4.26. The molecule has 2 atom stereocenters. The maximum absolute atomic E-state index is 12.3. The molecule has 1 fully saturated rings. The summed E-state index contributed by atoms with van der Waals surface area (Å²) < 4.78 is 26.6. The van der Waals surface area contributed by atoms with Gasteiger partial charge in [0.2, 0.25) is 10.0 Å². The fraction of sp³-hybridized carbons (Fsp3) is 0.600. The van der Waals surface area contributed by atoms with E-state index in [2.05, 4.69) is 0 Å². The Bertz CT molecular complexity index is 541. The predicted molar refractivity (Wildman–Crippen MR) is 72.9 cm³/mol. The zero-order valence-corrected chi connectivity index (χ0v) is 12.8. The highest BCUT2D eigenvalue weighted by atomic mass is 35.5. The first-order valence-electron chi connectivity index (χ1n) is 5.45. The molecule has 2 rings (SSSR count). The Hall–Kier alpha value is 0.150. The Morgan fingerprint density at radius 1 is 1.56 bits per heavy atom. The van der Waals surface area contributed by atoms with Crippen LogP contribution in [0.5, 0.6) is 0 Å². The molecule has 1 saturated heterocycles. The molecule has 1 aliphatic heterocycles. The van der Waals surface area contributed by atoms with Crippen LogP contribution >= 0.6 is 34.5 Å². The Morgan fingerprint density at radius 3 is 2.67 bits per heavy atom. The Morgan fingerprint density at radius 2 is 2.22 bits per heavy atom. The molecular formula is C10H13Cl2NO3S2. The summed E-state index contributed by atoms with van der Waals surface area (Å²) in [6.45, 7) is 2.40. The molecule has 102 valence electrons. The molecule has 1 aromatic rings. The van der Waals surface area contributed by atoms with Gasteiger partial charge in [0.15, 0.2) is 0 Å². The maximum Gasteiger partial charge on any atom is 0.245 e. The van der Waals surface area contributed by atoms with Crippen LogP contribution in [0.25, 0.3) is 0 Å². The number of halogens is 2. The first-order chi connectivity index (χ1) is 8.32. The summed E-state index contributed by atoms with van der Waals surface area (Å²) in [6, 6.07) is 1.37. The molecule has 0 bridgehead atoms. The molecule has 0 saturated carbocycles. The highest BCUT2D eigenvalue weighted by molar-refractivity contribution is 7.89. The predicted octanol–water partition coefficient (Wildman–Crippen LogP) is 2.45. The first-order valence-corrected chi connectivity index (χ1v) is 8.46. The minimum absolute atomic E-state index is 0.0207. The molecule has 8 heteroatoms. The van der Waals surface area contributed by atoms with Gasteiger partial charge in [-0.2, -0.15) is 4.31 Å². The van der Waals surface area contributed by atoms with E-state index in [1.165, 1.54) is 10.4 Å². The molecule has 1 aliphatic rings. The van der Waals surface area contributed by atoms with Crippen molar-refractivity contribution in [2.45, 2.75) is 24.3 Å². The number of thiophene rings is 1. The minimum Gasteiger partial charge on any atom is -0.393 e.